The Morgan fingerprint density at radius 2 is 2.27 bits per heavy atom. The average molecular weight is 169 g/mol. The van der Waals surface area contributed by atoms with Gasteiger partial charge in [0.05, 0.1) is 0 Å². The highest BCUT2D eigenvalue weighted by atomic mass is 35.5. The summed E-state index contributed by atoms with van der Waals surface area (Å²) >= 11 is 5.74. The second-order valence-corrected chi connectivity index (χ2v) is 2.60. The number of halogens is 1. The van der Waals surface area contributed by atoms with Crippen LogP contribution in [0.4, 0.5) is 5.69 Å². The van der Waals surface area contributed by atoms with Crippen LogP contribution in [0.25, 0.3) is 0 Å². The fourth-order valence-corrected chi connectivity index (χ4v) is 0.977. The summed E-state index contributed by atoms with van der Waals surface area (Å²) in [6.45, 7) is 0. The summed E-state index contributed by atoms with van der Waals surface area (Å²) in [4.78, 5) is 3.84. The lowest BCUT2D eigenvalue weighted by Gasteiger charge is -1.98. The molecule has 58 valence electrons. The summed E-state index contributed by atoms with van der Waals surface area (Å²) in [5.41, 5.74) is 7.18. The molecule has 0 radical (unpaired) electrons. The zero-order chi connectivity index (χ0) is 8.27. The van der Waals surface area contributed by atoms with E-state index in [1.807, 2.05) is 0 Å². The van der Waals surface area contributed by atoms with E-state index in [9.17, 15) is 0 Å². The monoisotopic (exact) mass is 168 g/mol. The van der Waals surface area contributed by atoms with Crippen LogP contribution in [0.1, 0.15) is 5.56 Å². The van der Waals surface area contributed by atoms with Crippen molar-refractivity contribution >= 4 is 23.5 Å². The van der Waals surface area contributed by atoms with Gasteiger partial charge in [-0.25, -0.2) is 0 Å². The molecule has 0 spiro atoms. The zero-order valence-electron chi connectivity index (χ0n) is 6.21. The number of anilines is 1. The van der Waals surface area contributed by atoms with Crippen LogP contribution < -0.4 is 5.73 Å². The van der Waals surface area contributed by atoms with Gasteiger partial charge in [-0.1, -0.05) is 11.6 Å². The summed E-state index contributed by atoms with van der Waals surface area (Å²) in [7, 11) is 1.69. The van der Waals surface area contributed by atoms with E-state index < -0.39 is 0 Å². The molecule has 0 aliphatic heterocycles. The van der Waals surface area contributed by atoms with Crippen LogP contribution in [0.3, 0.4) is 0 Å². The van der Waals surface area contributed by atoms with E-state index >= 15 is 0 Å². The number of nitrogens with zero attached hydrogens (tertiary/aromatic N) is 1. The molecule has 0 unspecified atom stereocenters. The van der Waals surface area contributed by atoms with Gasteiger partial charge < -0.3 is 5.73 Å². The third kappa shape index (κ3) is 1.95. The molecule has 0 aromatic heterocycles. The maximum atomic E-state index is 5.74. The first-order valence-corrected chi connectivity index (χ1v) is 3.59. The van der Waals surface area contributed by atoms with E-state index in [0.29, 0.717) is 10.7 Å². The van der Waals surface area contributed by atoms with Crippen LogP contribution in [0.5, 0.6) is 0 Å². The van der Waals surface area contributed by atoms with Gasteiger partial charge in [-0.2, -0.15) is 0 Å². The Hall–Kier alpha value is -1.02. The lowest BCUT2D eigenvalue weighted by atomic mass is 10.2. The minimum absolute atomic E-state index is 0.675. The molecular weight excluding hydrogens is 160 g/mol. The van der Waals surface area contributed by atoms with Crippen LogP contribution in [0, 0.1) is 0 Å². The third-order valence-corrected chi connectivity index (χ3v) is 1.55. The molecule has 0 bridgehead atoms. The van der Waals surface area contributed by atoms with Crippen LogP contribution in [0.15, 0.2) is 23.2 Å². The van der Waals surface area contributed by atoms with E-state index in [1.165, 1.54) is 0 Å². The molecule has 0 aliphatic carbocycles. The van der Waals surface area contributed by atoms with Crippen molar-refractivity contribution in [1.82, 2.24) is 0 Å². The number of nitrogen functional groups attached to an aromatic ring is 1. The fraction of sp³-hybridized carbons (Fsp3) is 0.125. The molecule has 11 heavy (non-hydrogen) atoms. The molecule has 0 atom stereocenters. The van der Waals surface area contributed by atoms with Crippen molar-refractivity contribution in [2.75, 3.05) is 12.8 Å². The van der Waals surface area contributed by atoms with Gasteiger partial charge >= 0.3 is 0 Å². The number of aliphatic imine (C=N–C) groups is 1. The van der Waals surface area contributed by atoms with Crippen LogP contribution in [-0.4, -0.2) is 13.3 Å². The topological polar surface area (TPSA) is 38.4 Å². The Kier molecular flexibility index (Phi) is 2.49. The molecule has 2 N–H and O–H groups in total. The van der Waals surface area contributed by atoms with Gasteiger partial charge in [0.1, 0.15) is 0 Å². The van der Waals surface area contributed by atoms with Gasteiger partial charge in [0.15, 0.2) is 0 Å². The normalized spacial score (nSPS) is 10.7. The Balaban J connectivity index is 3.12. The first-order valence-electron chi connectivity index (χ1n) is 3.21. The molecule has 1 aromatic carbocycles. The van der Waals surface area contributed by atoms with Gasteiger partial charge in [-0.05, 0) is 18.2 Å². The lowest BCUT2D eigenvalue weighted by molar-refractivity contribution is 1.46. The van der Waals surface area contributed by atoms with E-state index in [2.05, 4.69) is 4.99 Å². The van der Waals surface area contributed by atoms with Gasteiger partial charge in [0.25, 0.3) is 0 Å². The zero-order valence-corrected chi connectivity index (χ0v) is 6.97. The fourth-order valence-electron chi connectivity index (χ4n) is 0.797. The van der Waals surface area contributed by atoms with E-state index in [0.717, 1.165) is 5.56 Å². The lowest BCUT2D eigenvalue weighted by Crippen LogP contribution is -1.92. The molecule has 0 amide bonds. The molecule has 1 aromatic rings. The highest BCUT2D eigenvalue weighted by Crippen LogP contribution is 2.15. The van der Waals surface area contributed by atoms with Gasteiger partial charge in [0.2, 0.25) is 0 Å². The summed E-state index contributed by atoms with van der Waals surface area (Å²) in [5.74, 6) is 0. The molecule has 0 aliphatic rings. The second-order valence-electron chi connectivity index (χ2n) is 2.16. The summed E-state index contributed by atoms with van der Waals surface area (Å²) in [6.07, 6.45) is 1.68. The van der Waals surface area contributed by atoms with E-state index in [1.54, 1.807) is 31.5 Å². The summed E-state index contributed by atoms with van der Waals surface area (Å²) < 4.78 is 0. The van der Waals surface area contributed by atoms with Crippen LogP contribution >= 0.6 is 11.6 Å². The third-order valence-electron chi connectivity index (χ3n) is 1.32. The summed E-state index contributed by atoms with van der Waals surface area (Å²) in [6, 6.07) is 5.30. The van der Waals surface area contributed by atoms with Crippen molar-refractivity contribution in [1.29, 1.82) is 0 Å². The second kappa shape index (κ2) is 3.39. The first-order chi connectivity index (χ1) is 5.24. The molecular formula is C8H9ClN2. The van der Waals surface area contributed by atoms with Crippen molar-refractivity contribution in [3.05, 3.63) is 28.8 Å². The van der Waals surface area contributed by atoms with E-state index in [4.69, 9.17) is 17.3 Å². The van der Waals surface area contributed by atoms with Gasteiger partial charge in [-0.3, -0.25) is 4.99 Å². The number of rotatable bonds is 1. The van der Waals surface area contributed by atoms with Gasteiger partial charge in [-0.15, -0.1) is 0 Å². The Morgan fingerprint density at radius 3 is 2.91 bits per heavy atom. The molecule has 0 heterocycles. The number of nitrogens with two attached hydrogens (primary N) is 1. The van der Waals surface area contributed by atoms with E-state index in [-0.39, 0.29) is 0 Å². The predicted molar refractivity (Wildman–Crippen MR) is 49.4 cm³/mol. The van der Waals surface area contributed by atoms with Crippen molar-refractivity contribution in [3.63, 3.8) is 0 Å². The number of hydrogen-bond acceptors (Lipinski definition) is 2. The predicted octanol–water partition coefficient (Wildman–Crippen LogP) is 1.97. The van der Waals surface area contributed by atoms with Crippen molar-refractivity contribution in [3.8, 4) is 0 Å². The Labute approximate surface area is 70.7 Å². The molecule has 2 nitrogen and oxygen atoms in total. The van der Waals surface area contributed by atoms with Crippen LogP contribution in [-0.2, 0) is 0 Å². The minimum Gasteiger partial charge on any atom is -0.398 e. The molecule has 0 fully saturated rings. The Morgan fingerprint density at radius 1 is 1.55 bits per heavy atom. The van der Waals surface area contributed by atoms with Crippen molar-refractivity contribution in [2.24, 2.45) is 4.99 Å². The Bertz CT molecular complexity index is 281. The maximum absolute atomic E-state index is 5.74. The number of hydrogen-bond donors (Lipinski definition) is 1. The van der Waals surface area contributed by atoms with Gasteiger partial charge in [0, 0.05) is 29.5 Å². The van der Waals surface area contributed by atoms with Crippen molar-refractivity contribution < 1.29 is 0 Å². The maximum Gasteiger partial charge on any atom is 0.0414 e. The molecule has 1 rings (SSSR count). The largest absolute Gasteiger partial charge is 0.398 e. The highest BCUT2D eigenvalue weighted by Gasteiger charge is 1.95. The number of benzene rings is 1. The smallest absolute Gasteiger partial charge is 0.0414 e. The minimum atomic E-state index is 0.675. The standard InChI is InChI=1S/C8H9ClN2/c1-11-5-6-4-7(9)2-3-8(6)10/h2-5H,10H2,1H3/b11-5+. The summed E-state index contributed by atoms with van der Waals surface area (Å²) in [5, 5.41) is 0.675. The highest BCUT2D eigenvalue weighted by molar-refractivity contribution is 6.31. The molecule has 3 heteroatoms. The molecule has 0 saturated carbocycles. The van der Waals surface area contributed by atoms with Crippen molar-refractivity contribution in [2.45, 2.75) is 0 Å². The van der Waals surface area contributed by atoms with Crippen LogP contribution in [0.2, 0.25) is 5.02 Å². The molecule has 0 saturated heterocycles. The SMILES string of the molecule is C/N=C/c1cc(Cl)ccc1N. The average Bonchev–Trinajstić information content (AvgIpc) is 1.98. The quantitative estimate of drug-likeness (QED) is 0.506. The first kappa shape index (κ1) is 8.08.